The lowest BCUT2D eigenvalue weighted by atomic mass is 10.3. The minimum absolute atomic E-state index is 0.0631. The predicted octanol–water partition coefficient (Wildman–Crippen LogP) is 0.213. The van der Waals surface area contributed by atoms with E-state index in [0.29, 0.717) is 0 Å². The van der Waals surface area contributed by atoms with Gasteiger partial charge in [-0.05, 0) is 0 Å². The van der Waals surface area contributed by atoms with Gasteiger partial charge in [0, 0.05) is 5.41 Å². The van der Waals surface area contributed by atoms with Gasteiger partial charge in [-0.3, -0.25) is 4.79 Å². The first-order valence-electron chi connectivity index (χ1n) is 4.60. The van der Waals surface area contributed by atoms with E-state index in [9.17, 15) is 22.8 Å². The van der Waals surface area contributed by atoms with Gasteiger partial charge in [0.05, 0.1) is 5.70 Å². The summed E-state index contributed by atoms with van der Waals surface area (Å²) in [6.45, 7) is 0. The van der Waals surface area contributed by atoms with Crippen molar-refractivity contribution in [2.24, 2.45) is 5.16 Å². The van der Waals surface area contributed by atoms with Crippen molar-refractivity contribution >= 4 is 29.4 Å². The van der Waals surface area contributed by atoms with Gasteiger partial charge in [-0.1, -0.05) is 16.9 Å². The molecule has 0 aromatic heterocycles. The fraction of sp³-hybridized carbons (Fsp3) is 0.375. The van der Waals surface area contributed by atoms with Crippen molar-refractivity contribution in [3.05, 3.63) is 11.1 Å². The molecule has 1 heterocycles. The molecule has 0 saturated heterocycles. The van der Waals surface area contributed by atoms with Crippen LogP contribution in [-0.2, 0) is 14.4 Å². The van der Waals surface area contributed by atoms with Gasteiger partial charge in [0.25, 0.3) is 0 Å². The number of carbonyl (C=O) groups is 2. The van der Waals surface area contributed by atoms with Crippen LogP contribution in [0.3, 0.4) is 0 Å². The number of rotatable bonds is 4. The summed E-state index contributed by atoms with van der Waals surface area (Å²) in [6.07, 6.45) is -5.01. The van der Waals surface area contributed by atoms with Gasteiger partial charge in [0.2, 0.25) is 5.71 Å². The highest BCUT2D eigenvalue weighted by Crippen LogP contribution is 2.22. The van der Waals surface area contributed by atoms with E-state index in [0.717, 1.165) is 18.9 Å². The Morgan fingerprint density at radius 1 is 1.58 bits per heavy atom. The average molecular weight is 299 g/mol. The van der Waals surface area contributed by atoms with E-state index in [2.05, 4.69) is 15.3 Å². The maximum Gasteiger partial charge on any atom is 0.471 e. The van der Waals surface area contributed by atoms with E-state index in [-0.39, 0.29) is 5.70 Å². The largest absolute Gasteiger partial charge is 0.476 e. The molecule has 106 valence electrons. The lowest BCUT2D eigenvalue weighted by Gasteiger charge is -2.15. The van der Waals surface area contributed by atoms with E-state index in [4.69, 9.17) is 5.11 Å². The maximum atomic E-state index is 12.0. The van der Waals surface area contributed by atoms with E-state index in [1.807, 2.05) is 0 Å². The second kappa shape index (κ2) is 5.82. The van der Waals surface area contributed by atoms with E-state index in [1.54, 1.807) is 5.32 Å². The average Bonchev–Trinajstić information content (AvgIpc) is 2.72. The molecule has 1 aliphatic heterocycles. The van der Waals surface area contributed by atoms with Crippen molar-refractivity contribution in [3.8, 4) is 0 Å². The molecule has 1 unspecified atom stereocenters. The van der Waals surface area contributed by atoms with Gasteiger partial charge >= 0.3 is 18.1 Å². The van der Waals surface area contributed by atoms with Crippen molar-refractivity contribution in [2.75, 3.05) is 7.11 Å². The minimum Gasteiger partial charge on any atom is -0.476 e. The summed E-state index contributed by atoms with van der Waals surface area (Å²) in [5.41, 5.74) is -1.71. The molecule has 19 heavy (non-hydrogen) atoms. The highest BCUT2D eigenvalue weighted by Gasteiger charge is 2.40. The smallest absolute Gasteiger partial charge is 0.471 e. The number of hydrogen-bond donors (Lipinski definition) is 3. The van der Waals surface area contributed by atoms with Crippen molar-refractivity contribution in [1.29, 1.82) is 0 Å². The van der Waals surface area contributed by atoms with Crippen LogP contribution in [0.25, 0.3) is 0 Å². The first-order chi connectivity index (χ1) is 8.75. The topological polar surface area (TPSA) is 100 Å². The first-order valence-corrected chi connectivity index (χ1v) is 5.54. The summed E-state index contributed by atoms with van der Waals surface area (Å²) in [6, 6.07) is 0. The molecule has 1 rings (SSSR count). The van der Waals surface area contributed by atoms with Crippen LogP contribution in [0, 0.1) is 0 Å². The summed E-state index contributed by atoms with van der Waals surface area (Å²) in [5, 5.41) is 17.2. The molecule has 1 aliphatic rings. The molecule has 0 spiro atoms. The zero-order valence-electron chi connectivity index (χ0n) is 9.32. The van der Waals surface area contributed by atoms with Crippen molar-refractivity contribution < 1.29 is 32.7 Å². The summed E-state index contributed by atoms with van der Waals surface area (Å²) in [7, 11) is 1.12. The molecule has 0 aromatic rings. The van der Waals surface area contributed by atoms with E-state index < -0.39 is 29.3 Å². The monoisotopic (exact) mass is 299 g/mol. The Labute approximate surface area is 108 Å². The van der Waals surface area contributed by atoms with Crippen molar-refractivity contribution in [3.63, 3.8) is 0 Å². The third-order valence-corrected chi connectivity index (χ3v) is 2.65. The number of alkyl halides is 3. The summed E-state index contributed by atoms with van der Waals surface area (Å²) < 4.78 is 36.0. The zero-order chi connectivity index (χ0) is 14.6. The predicted molar refractivity (Wildman–Crippen MR) is 58.9 cm³/mol. The molecule has 1 atom stereocenters. The molecular formula is C8H8F3N3O4S. The number of carboxylic acids is 1. The second-order valence-electron chi connectivity index (χ2n) is 3.09. The minimum atomic E-state index is -5.01. The molecular weight excluding hydrogens is 291 g/mol. The molecule has 0 radical (unpaired) electrons. The molecule has 0 aromatic carbocycles. The third-order valence-electron chi connectivity index (χ3n) is 1.77. The molecule has 1 amide bonds. The number of oxime groups is 1. The molecule has 0 aliphatic carbocycles. The fourth-order valence-electron chi connectivity index (χ4n) is 1.04. The Morgan fingerprint density at radius 3 is 2.68 bits per heavy atom. The number of aliphatic carboxylic acids is 1. The van der Waals surface area contributed by atoms with Gasteiger partial charge in [-0.25, -0.2) is 4.79 Å². The van der Waals surface area contributed by atoms with Crippen molar-refractivity contribution in [1.82, 2.24) is 10.6 Å². The quantitative estimate of drug-likeness (QED) is 0.507. The van der Waals surface area contributed by atoms with Crippen LogP contribution < -0.4 is 10.6 Å². The number of nitrogens with zero attached hydrogens (tertiary/aromatic N) is 1. The van der Waals surface area contributed by atoms with Crippen LogP contribution in [0.5, 0.6) is 0 Å². The molecule has 0 bridgehead atoms. The number of carboxylic acid groups (broad SMARTS) is 1. The van der Waals surface area contributed by atoms with Gasteiger partial charge in [0.1, 0.15) is 7.11 Å². The van der Waals surface area contributed by atoms with Gasteiger partial charge < -0.3 is 20.6 Å². The number of thioether (sulfide) groups is 1. The molecule has 0 saturated carbocycles. The van der Waals surface area contributed by atoms with Crippen LogP contribution >= 0.6 is 11.8 Å². The molecule has 0 fully saturated rings. The number of amides is 1. The summed E-state index contributed by atoms with van der Waals surface area (Å²) in [5.74, 6) is -3.56. The van der Waals surface area contributed by atoms with Crippen LogP contribution in [0.4, 0.5) is 13.2 Å². The van der Waals surface area contributed by atoms with E-state index in [1.165, 1.54) is 5.41 Å². The van der Waals surface area contributed by atoms with Gasteiger partial charge in [0.15, 0.2) is 5.50 Å². The van der Waals surface area contributed by atoms with Crippen molar-refractivity contribution in [2.45, 2.75) is 11.7 Å². The van der Waals surface area contributed by atoms with Gasteiger partial charge in [-0.2, -0.15) is 13.2 Å². The number of hydrogen-bond acceptors (Lipinski definition) is 6. The number of carbonyl (C=O) groups excluding carboxylic acids is 1. The Bertz CT molecular complexity index is 449. The highest BCUT2D eigenvalue weighted by atomic mass is 32.2. The number of halogens is 3. The van der Waals surface area contributed by atoms with Gasteiger partial charge in [-0.15, -0.1) is 0 Å². The Morgan fingerprint density at radius 2 is 2.21 bits per heavy atom. The van der Waals surface area contributed by atoms with Crippen LogP contribution in [0.2, 0.25) is 0 Å². The Balaban J connectivity index is 2.65. The molecule has 11 heteroatoms. The molecule has 7 nitrogen and oxygen atoms in total. The lowest BCUT2D eigenvalue weighted by Crippen LogP contribution is -2.47. The summed E-state index contributed by atoms with van der Waals surface area (Å²) in [4.78, 5) is 25.8. The molecule has 3 N–H and O–H groups in total. The van der Waals surface area contributed by atoms with E-state index >= 15 is 0 Å². The zero-order valence-corrected chi connectivity index (χ0v) is 10.1. The van der Waals surface area contributed by atoms with Crippen LogP contribution in [0.1, 0.15) is 0 Å². The fourth-order valence-corrected chi connectivity index (χ4v) is 1.86. The summed E-state index contributed by atoms with van der Waals surface area (Å²) >= 11 is 0.762. The first kappa shape index (κ1) is 15.1. The SMILES string of the molecule is CO/N=C(/C(=O)O)C1=CSC(NC(=O)C(F)(F)F)N1. The van der Waals surface area contributed by atoms with Crippen LogP contribution in [-0.4, -0.2) is 41.5 Å². The lowest BCUT2D eigenvalue weighted by molar-refractivity contribution is -0.173. The third kappa shape index (κ3) is 4.05. The second-order valence-corrected chi connectivity index (χ2v) is 4.07. The Kier molecular flexibility index (Phi) is 4.64. The number of nitrogens with one attached hydrogen (secondary N) is 2. The highest BCUT2D eigenvalue weighted by molar-refractivity contribution is 8.03. The Hall–Kier alpha value is -1.91. The maximum absolute atomic E-state index is 12.0. The standard InChI is InChI=1S/C8H8F3N3O4S/c1-18-14-4(5(15)16)3-2-19-7(12-3)13-6(17)8(9,10)11/h2,7,12H,1H3,(H,13,17)(H,15,16)/b14-4+. The normalized spacial score (nSPS) is 19.5. The van der Waals surface area contributed by atoms with Crippen LogP contribution in [0.15, 0.2) is 16.3 Å².